The maximum atomic E-state index is 12.8. The molecule has 5 heteroatoms. The van der Waals surface area contributed by atoms with Crippen LogP contribution in [-0.4, -0.2) is 33.3 Å². The van der Waals surface area contributed by atoms with Crippen molar-refractivity contribution in [2.24, 2.45) is 0 Å². The number of rotatable bonds is 5. The minimum absolute atomic E-state index is 0.321. The molecule has 0 spiro atoms. The summed E-state index contributed by atoms with van der Waals surface area (Å²) in [4.78, 5) is 12.8. The van der Waals surface area contributed by atoms with E-state index in [2.05, 4.69) is 5.32 Å². The van der Waals surface area contributed by atoms with Gasteiger partial charge in [-0.25, -0.2) is 4.79 Å². The van der Waals surface area contributed by atoms with E-state index in [1.54, 1.807) is 21.1 Å². The van der Waals surface area contributed by atoms with Crippen LogP contribution < -0.4 is 14.8 Å². The van der Waals surface area contributed by atoms with Gasteiger partial charge in [0.25, 0.3) is 0 Å². The third-order valence-corrected chi connectivity index (χ3v) is 4.37. The maximum absolute atomic E-state index is 12.8. The summed E-state index contributed by atoms with van der Waals surface area (Å²) in [5.74, 6) is 0.970. The molecular formula is C21H23NO4. The molecule has 136 valence electrons. The summed E-state index contributed by atoms with van der Waals surface area (Å²) in [5, 5.41) is 3.38. The van der Waals surface area contributed by atoms with Crippen LogP contribution >= 0.6 is 0 Å². The molecule has 2 aromatic rings. The van der Waals surface area contributed by atoms with Gasteiger partial charge in [-0.15, -0.1) is 0 Å². The van der Waals surface area contributed by atoms with Gasteiger partial charge < -0.3 is 19.5 Å². The molecule has 0 saturated carbocycles. The minimum atomic E-state index is -0.344. The molecule has 0 unspecified atom stereocenters. The first-order chi connectivity index (χ1) is 12.7. The van der Waals surface area contributed by atoms with Crippen LogP contribution in [0.15, 0.2) is 42.5 Å². The Labute approximate surface area is 153 Å². The summed E-state index contributed by atoms with van der Waals surface area (Å²) in [6.07, 6.45) is 0.837. The summed E-state index contributed by atoms with van der Waals surface area (Å²) in [7, 11) is 3.23. The molecule has 0 radical (unpaired) electrons. The van der Waals surface area contributed by atoms with Crippen molar-refractivity contribution >= 4 is 17.2 Å². The van der Waals surface area contributed by atoms with E-state index in [1.165, 1.54) is 0 Å². The lowest BCUT2D eigenvalue weighted by atomic mass is 9.92. The Balaban J connectivity index is 2.23. The van der Waals surface area contributed by atoms with Gasteiger partial charge in [-0.2, -0.15) is 0 Å². The summed E-state index contributed by atoms with van der Waals surface area (Å²) in [5.41, 5.74) is 4.14. The van der Waals surface area contributed by atoms with Crippen LogP contribution in [0, 0.1) is 0 Å². The highest BCUT2D eigenvalue weighted by Gasteiger charge is 2.25. The molecule has 5 nitrogen and oxygen atoms in total. The zero-order valence-electron chi connectivity index (χ0n) is 15.3. The van der Waals surface area contributed by atoms with Crippen molar-refractivity contribution in [2.45, 2.75) is 13.3 Å². The number of carbonyl (C=O) groups excluding carboxylic acids is 1. The number of hydrogen-bond donors (Lipinski definition) is 1. The summed E-state index contributed by atoms with van der Waals surface area (Å²) < 4.78 is 16.2. The lowest BCUT2D eigenvalue weighted by Gasteiger charge is -2.25. The van der Waals surface area contributed by atoms with Gasteiger partial charge in [-0.3, -0.25) is 0 Å². The third kappa shape index (κ3) is 3.38. The highest BCUT2D eigenvalue weighted by atomic mass is 16.5. The SMILES string of the molecule is CCOC(=O)/C(=C1/NCCc2cc(OC)c(OC)cc21)c1ccccc1. The molecule has 0 atom stereocenters. The van der Waals surface area contributed by atoms with Crippen molar-refractivity contribution in [3.63, 3.8) is 0 Å². The number of fused-ring (bicyclic) bond motifs is 1. The Morgan fingerprint density at radius 3 is 2.42 bits per heavy atom. The topological polar surface area (TPSA) is 56.8 Å². The van der Waals surface area contributed by atoms with Gasteiger partial charge in [-0.05, 0) is 36.6 Å². The van der Waals surface area contributed by atoms with Crippen LogP contribution in [-0.2, 0) is 16.0 Å². The van der Waals surface area contributed by atoms with Gasteiger partial charge in [0.05, 0.1) is 32.1 Å². The smallest absolute Gasteiger partial charge is 0.340 e. The first-order valence-corrected chi connectivity index (χ1v) is 8.65. The monoisotopic (exact) mass is 353 g/mol. The van der Waals surface area contributed by atoms with Crippen molar-refractivity contribution in [2.75, 3.05) is 27.4 Å². The lowest BCUT2D eigenvalue weighted by Crippen LogP contribution is -2.26. The number of hydrogen-bond acceptors (Lipinski definition) is 5. The average Bonchev–Trinajstić information content (AvgIpc) is 2.68. The van der Waals surface area contributed by atoms with Gasteiger partial charge in [0.2, 0.25) is 0 Å². The molecule has 26 heavy (non-hydrogen) atoms. The minimum Gasteiger partial charge on any atom is -0.493 e. The van der Waals surface area contributed by atoms with Crippen LogP contribution in [0.2, 0.25) is 0 Å². The van der Waals surface area contributed by atoms with Gasteiger partial charge in [0.15, 0.2) is 11.5 Å². The first kappa shape index (κ1) is 17.9. The molecule has 0 aliphatic carbocycles. The van der Waals surface area contributed by atoms with Crippen molar-refractivity contribution in [3.8, 4) is 11.5 Å². The largest absolute Gasteiger partial charge is 0.493 e. The molecule has 0 saturated heterocycles. The van der Waals surface area contributed by atoms with Crippen LogP contribution in [0.5, 0.6) is 11.5 Å². The number of nitrogens with one attached hydrogen (secondary N) is 1. The van der Waals surface area contributed by atoms with Crippen molar-refractivity contribution in [1.29, 1.82) is 0 Å². The Hall–Kier alpha value is -2.95. The van der Waals surface area contributed by atoms with Crippen molar-refractivity contribution < 1.29 is 19.0 Å². The molecule has 1 N–H and O–H groups in total. The lowest BCUT2D eigenvalue weighted by molar-refractivity contribution is -0.136. The molecule has 3 rings (SSSR count). The Bertz CT molecular complexity index is 827. The van der Waals surface area contributed by atoms with Gasteiger partial charge in [-0.1, -0.05) is 30.3 Å². The molecule has 1 aliphatic heterocycles. The Kier molecular flexibility index (Phi) is 5.46. The molecule has 0 aromatic heterocycles. The number of ether oxygens (including phenoxy) is 3. The maximum Gasteiger partial charge on any atom is 0.340 e. The second-order valence-corrected chi connectivity index (χ2v) is 5.88. The summed E-state index contributed by atoms with van der Waals surface area (Å²) in [6.45, 7) is 2.86. The standard InChI is InChI=1S/C21H23NO4/c1-4-26-21(23)19(14-8-6-5-7-9-14)20-16-13-18(25-3)17(24-2)12-15(16)10-11-22-20/h5-9,12-13,22H,4,10-11H2,1-3H3/b20-19+. The van der Waals surface area contributed by atoms with Crippen LogP contribution in [0.4, 0.5) is 0 Å². The summed E-state index contributed by atoms with van der Waals surface area (Å²) in [6, 6.07) is 13.5. The molecular weight excluding hydrogens is 330 g/mol. The molecule has 0 amide bonds. The molecule has 2 aromatic carbocycles. The number of benzene rings is 2. The second-order valence-electron chi connectivity index (χ2n) is 5.88. The fourth-order valence-corrected chi connectivity index (χ4v) is 3.17. The summed E-state index contributed by atoms with van der Waals surface area (Å²) >= 11 is 0. The average molecular weight is 353 g/mol. The van der Waals surface area contributed by atoms with E-state index < -0.39 is 0 Å². The third-order valence-electron chi connectivity index (χ3n) is 4.37. The van der Waals surface area contributed by atoms with E-state index in [9.17, 15) is 4.79 Å². The predicted molar refractivity (Wildman–Crippen MR) is 101 cm³/mol. The van der Waals surface area contributed by atoms with Crippen molar-refractivity contribution in [1.82, 2.24) is 5.32 Å². The van der Waals surface area contributed by atoms with E-state index in [0.717, 1.165) is 35.4 Å². The molecule has 0 bridgehead atoms. The Morgan fingerprint density at radius 1 is 1.08 bits per heavy atom. The zero-order chi connectivity index (χ0) is 18.5. The Morgan fingerprint density at radius 2 is 1.77 bits per heavy atom. The van der Waals surface area contributed by atoms with E-state index in [-0.39, 0.29) is 5.97 Å². The highest BCUT2D eigenvalue weighted by Crippen LogP contribution is 2.37. The molecule has 1 heterocycles. The molecule has 0 fully saturated rings. The number of methoxy groups -OCH3 is 2. The van der Waals surface area contributed by atoms with Crippen LogP contribution in [0.25, 0.3) is 11.3 Å². The number of esters is 1. The fraction of sp³-hybridized carbons (Fsp3) is 0.286. The van der Waals surface area contributed by atoms with Gasteiger partial charge >= 0.3 is 5.97 Å². The first-order valence-electron chi connectivity index (χ1n) is 8.65. The molecule has 1 aliphatic rings. The van der Waals surface area contributed by atoms with E-state index in [0.29, 0.717) is 23.7 Å². The van der Waals surface area contributed by atoms with E-state index >= 15 is 0 Å². The van der Waals surface area contributed by atoms with Gasteiger partial charge in [0.1, 0.15) is 0 Å². The van der Waals surface area contributed by atoms with Crippen LogP contribution in [0.1, 0.15) is 23.6 Å². The fourth-order valence-electron chi connectivity index (χ4n) is 3.17. The van der Waals surface area contributed by atoms with Crippen molar-refractivity contribution in [3.05, 3.63) is 59.2 Å². The number of carbonyl (C=O) groups is 1. The van der Waals surface area contributed by atoms with Crippen LogP contribution in [0.3, 0.4) is 0 Å². The van der Waals surface area contributed by atoms with Gasteiger partial charge in [0, 0.05) is 12.1 Å². The highest BCUT2D eigenvalue weighted by molar-refractivity contribution is 6.24. The predicted octanol–water partition coefficient (Wildman–Crippen LogP) is 3.28. The quantitative estimate of drug-likeness (QED) is 0.660. The zero-order valence-corrected chi connectivity index (χ0v) is 15.3. The van der Waals surface area contributed by atoms with E-state index in [1.807, 2.05) is 42.5 Å². The van der Waals surface area contributed by atoms with E-state index in [4.69, 9.17) is 14.2 Å². The second kappa shape index (κ2) is 7.95. The normalized spacial score (nSPS) is 14.7.